The van der Waals surface area contributed by atoms with Crippen LogP contribution in [0.3, 0.4) is 0 Å². The van der Waals surface area contributed by atoms with E-state index in [0.29, 0.717) is 7.11 Å². The van der Waals surface area contributed by atoms with Crippen LogP contribution >= 0.6 is 0 Å². The van der Waals surface area contributed by atoms with Gasteiger partial charge in [-0.15, -0.1) is 0 Å². The fourth-order valence-electron chi connectivity index (χ4n) is 2.63. The monoisotopic (exact) mass is 518 g/mol. The predicted molar refractivity (Wildman–Crippen MR) is 81.3 cm³/mol. The number of rotatable bonds is 9. The van der Waals surface area contributed by atoms with Gasteiger partial charge >= 0.3 is 41.7 Å². The zero-order valence-corrected chi connectivity index (χ0v) is 16.2. The lowest BCUT2D eigenvalue weighted by Gasteiger charge is -2.42. The topological polar surface area (TPSA) is 9.23 Å². The number of hydrogen-bond acceptors (Lipinski definition) is 1. The minimum atomic E-state index is -8.29. The second-order valence-corrected chi connectivity index (χ2v) is 6.86. The molecule has 0 amide bonds. The Labute approximate surface area is 175 Å². The molecule has 0 N–H and O–H groups in total. The van der Waals surface area contributed by atoms with Crippen molar-refractivity contribution in [3.8, 4) is 0 Å². The van der Waals surface area contributed by atoms with E-state index in [9.17, 15) is 65.9 Å². The molecule has 0 heterocycles. The molecule has 1 unspecified atom stereocenters. The van der Waals surface area contributed by atoms with Crippen LogP contribution in [-0.4, -0.2) is 48.8 Å². The van der Waals surface area contributed by atoms with Gasteiger partial charge in [0.2, 0.25) is 0 Å². The minimum absolute atomic E-state index is 0.0527. The lowest BCUT2D eigenvalue weighted by molar-refractivity contribution is -0.453. The van der Waals surface area contributed by atoms with Gasteiger partial charge in [-0.3, -0.25) is 0 Å². The largest absolute Gasteiger partial charge is 0.460 e. The van der Waals surface area contributed by atoms with Crippen molar-refractivity contribution in [1.82, 2.24) is 0 Å². The molecule has 0 aromatic heterocycles. The third-order valence-electron chi connectivity index (χ3n) is 4.65. The fraction of sp³-hybridized carbons (Fsp3) is 0.647. The molecule has 0 radical (unpaired) electrons. The Balaban J connectivity index is 3.52. The van der Waals surface area contributed by atoms with E-state index in [1.807, 2.05) is 0 Å². The van der Waals surface area contributed by atoms with Gasteiger partial charge in [-0.25, -0.2) is 0 Å². The zero-order chi connectivity index (χ0) is 26.5. The van der Waals surface area contributed by atoms with Gasteiger partial charge in [0.25, 0.3) is 0 Å². The molecule has 0 fully saturated rings. The maximum Gasteiger partial charge on any atom is 0.460 e. The van der Waals surface area contributed by atoms with E-state index in [1.54, 1.807) is 0 Å². The summed E-state index contributed by atoms with van der Waals surface area (Å²) in [5.41, 5.74) is -0.295. The molecule has 33 heavy (non-hydrogen) atoms. The quantitative estimate of drug-likeness (QED) is 0.309. The number of ether oxygens (including phenoxy) is 1. The standard InChI is InChI=1S/C17H13F15O/c1-8-5-3-4-6-9(8)10(33-2)7-11(18,19)12(20,21)13(22,23)14(24,25)15(26,27)16(28,29)17(30,31)32/h3-6,10H,7H2,1-2H3. The second-order valence-electron chi connectivity index (χ2n) is 6.86. The van der Waals surface area contributed by atoms with Gasteiger partial charge in [0, 0.05) is 13.5 Å². The molecule has 1 aromatic rings. The number of methoxy groups -OCH3 is 1. The van der Waals surface area contributed by atoms with Crippen LogP contribution in [0.4, 0.5) is 65.9 Å². The summed E-state index contributed by atoms with van der Waals surface area (Å²) in [5, 5.41) is 0. The van der Waals surface area contributed by atoms with Gasteiger partial charge in [-0.1, -0.05) is 24.3 Å². The summed E-state index contributed by atoms with van der Waals surface area (Å²) in [6.45, 7) is 1.21. The smallest absolute Gasteiger partial charge is 0.377 e. The molecule has 0 saturated carbocycles. The summed E-state index contributed by atoms with van der Waals surface area (Å²) in [4.78, 5) is 0. The van der Waals surface area contributed by atoms with E-state index in [2.05, 4.69) is 4.74 Å². The highest BCUT2D eigenvalue weighted by atomic mass is 19.4. The molecule has 16 heteroatoms. The molecular weight excluding hydrogens is 505 g/mol. The van der Waals surface area contributed by atoms with Gasteiger partial charge in [0.05, 0.1) is 6.10 Å². The van der Waals surface area contributed by atoms with Crippen molar-refractivity contribution in [3.63, 3.8) is 0 Å². The van der Waals surface area contributed by atoms with Crippen LogP contribution in [0.2, 0.25) is 0 Å². The number of hydrogen-bond donors (Lipinski definition) is 0. The summed E-state index contributed by atoms with van der Waals surface area (Å²) in [6, 6.07) is 4.64. The molecule has 0 aliphatic heterocycles. The van der Waals surface area contributed by atoms with Gasteiger partial charge in [0.15, 0.2) is 0 Å². The van der Waals surface area contributed by atoms with Crippen molar-refractivity contribution in [2.45, 2.75) is 61.2 Å². The van der Waals surface area contributed by atoms with Crippen molar-refractivity contribution < 1.29 is 70.6 Å². The number of halogens is 15. The van der Waals surface area contributed by atoms with Crippen LogP contribution in [0.5, 0.6) is 0 Å². The van der Waals surface area contributed by atoms with Crippen molar-refractivity contribution >= 4 is 0 Å². The molecule has 1 nitrogen and oxygen atoms in total. The van der Waals surface area contributed by atoms with Crippen LogP contribution in [-0.2, 0) is 4.74 Å². The number of alkyl halides is 15. The highest BCUT2D eigenvalue weighted by Gasteiger charge is 2.93. The molecule has 1 rings (SSSR count). The predicted octanol–water partition coefficient (Wildman–Crippen LogP) is 7.45. The Kier molecular flexibility index (Phi) is 7.43. The van der Waals surface area contributed by atoms with Crippen LogP contribution in [0.1, 0.15) is 23.7 Å². The van der Waals surface area contributed by atoms with E-state index in [1.165, 1.54) is 19.1 Å². The third kappa shape index (κ3) is 4.34. The van der Waals surface area contributed by atoms with Crippen molar-refractivity contribution in [3.05, 3.63) is 35.4 Å². The first kappa shape index (κ1) is 29.2. The molecule has 0 aliphatic carbocycles. The summed E-state index contributed by atoms with van der Waals surface area (Å²) in [5.74, 6) is -46.5. The SMILES string of the molecule is COC(CC(F)(F)C(F)(F)C(F)(F)C(F)(F)C(F)(F)C(F)(F)C(F)(F)F)c1ccccc1C. The van der Waals surface area contributed by atoms with E-state index in [4.69, 9.17) is 0 Å². The Morgan fingerprint density at radius 1 is 0.636 bits per heavy atom. The number of benzene rings is 1. The first-order valence-electron chi connectivity index (χ1n) is 8.36. The van der Waals surface area contributed by atoms with E-state index < -0.39 is 54.2 Å². The van der Waals surface area contributed by atoms with Crippen LogP contribution in [0.25, 0.3) is 0 Å². The first-order chi connectivity index (χ1) is 14.4. The van der Waals surface area contributed by atoms with Gasteiger partial charge in [-0.2, -0.15) is 65.9 Å². The Hall–Kier alpha value is -1.87. The van der Waals surface area contributed by atoms with Crippen LogP contribution in [0.15, 0.2) is 24.3 Å². The van der Waals surface area contributed by atoms with Gasteiger partial charge < -0.3 is 4.74 Å². The third-order valence-corrected chi connectivity index (χ3v) is 4.65. The highest BCUT2D eigenvalue weighted by Crippen LogP contribution is 2.63. The summed E-state index contributed by atoms with van der Waals surface area (Å²) in [6.07, 6.45) is -12.4. The van der Waals surface area contributed by atoms with Crippen molar-refractivity contribution in [2.24, 2.45) is 0 Å². The van der Waals surface area contributed by atoms with Crippen molar-refractivity contribution in [2.75, 3.05) is 7.11 Å². The van der Waals surface area contributed by atoms with Crippen LogP contribution < -0.4 is 0 Å². The Morgan fingerprint density at radius 2 is 1.03 bits per heavy atom. The molecule has 0 aliphatic rings. The minimum Gasteiger partial charge on any atom is -0.377 e. The lowest BCUT2D eigenvalue weighted by Crippen LogP contribution is -2.72. The normalized spacial score (nSPS) is 16.2. The Bertz CT molecular complexity index is 828. The lowest BCUT2D eigenvalue weighted by atomic mass is 9.88. The van der Waals surface area contributed by atoms with Crippen LogP contribution in [0, 0.1) is 6.92 Å². The average Bonchev–Trinajstić information content (AvgIpc) is 2.65. The Morgan fingerprint density at radius 3 is 1.42 bits per heavy atom. The van der Waals surface area contributed by atoms with Gasteiger partial charge in [-0.05, 0) is 18.1 Å². The average molecular weight is 518 g/mol. The maximum absolute atomic E-state index is 14.1. The van der Waals surface area contributed by atoms with Crippen molar-refractivity contribution in [1.29, 1.82) is 0 Å². The summed E-state index contributed by atoms with van der Waals surface area (Å²) in [7, 11) is 0.607. The molecule has 1 aromatic carbocycles. The van der Waals surface area contributed by atoms with E-state index >= 15 is 0 Å². The summed E-state index contributed by atoms with van der Waals surface area (Å²) < 4.78 is 203. The second kappa shape index (κ2) is 8.41. The van der Waals surface area contributed by atoms with Gasteiger partial charge in [0.1, 0.15) is 0 Å². The molecular formula is C17H13F15O. The molecule has 0 saturated heterocycles. The molecule has 1 atom stereocenters. The highest BCUT2D eigenvalue weighted by molar-refractivity contribution is 5.28. The first-order valence-corrected chi connectivity index (χ1v) is 8.36. The van der Waals surface area contributed by atoms with E-state index in [0.717, 1.165) is 12.1 Å². The maximum atomic E-state index is 14.1. The fourth-order valence-corrected chi connectivity index (χ4v) is 2.63. The summed E-state index contributed by atoms with van der Waals surface area (Å²) >= 11 is 0. The molecule has 0 bridgehead atoms. The molecule has 0 spiro atoms. The van der Waals surface area contributed by atoms with E-state index in [-0.39, 0.29) is 11.1 Å². The zero-order valence-electron chi connectivity index (χ0n) is 16.2. The molecule has 192 valence electrons. The number of aryl methyl sites for hydroxylation is 1.